The summed E-state index contributed by atoms with van der Waals surface area (Å²) >= 11 is 0. The van der Waals surface area contributed by atoms with E-state index < -0.39 is 0 Å². The molecule has 0 saturated carbocycles. The molecule has 0 amide bonds. The average Bonchev–Trinajstić information content (AvgIpc) is 3.73. The third kappa shape index (κ3) is 3.55. The van der Waals surface area contributed by atoms with Crippen molar-refractivity contribution in [2.24, 2.45) is 0 Å². The Bertz CT molecular complexity index is 2840. The molecule has 3 heterocycles. The maximum absolute atomic E-state index is 9.70. The second-order valence-electron chi connectivity index (χ2n) is 11.6. The van der Waals surface area contributed by atoms with Gasteiger partial charge in [0.15, 0.2) is 11.4 Å². The van der Waals surface area contributed by atoms with E-state index in [1.54, 1.807) is 0 Å². The van der Waals surface area contributed by atoms with Crippen LogP contribution in [0.25, 0.3) is 86.6 Å². The van der Waals surface area contributed by atoms with Crippen LogP contribution in [0.3, 0.4) is 0 Å². The van der Waals surface area contributed by atoms with E-state index in [1.165, 1.54) is 0 Å². The fourth-order valence-electron chi connectivity index (χ4n) is 6.92. The summed E-state index contributed by atoms with van der Waals surface area (Å²) in [6, 6.07) is 38.5. The molecular weight excluding hydrogens is 566 g/mol. The Morgan fingerprint density at radius 2 is 1.02 bits per heavy atom. The number of aromatic nitrogens is 2. The van der Waals surface area contributed by atoms with Crippen LogP contribution in [0.1, 0.15) is 11.1 Å². The average molecular weight is 588 g/mol. The van der Waals surface area contributed by atoms with E-state index in [9.17, 15) is 5.26 Å². The van der Waals surface area contributed by atoms with Crippen molar-refractivity contribution in [3.8, 4) is 17.4 Å². The minimum absolute atomic E-state index is 0.555. The first-order valence-electron chi connectivity index (χ1n) is 14.8. The molecule has 0 aliphatic carbocycles. The molecule has 0 atom stereocenters. The molecule has 6 nitrogen and oxygen atoms in total. The van der Waals surface area contributed by atoms with E-state index >= 15 is 0 Å². The Labute approximate surface area is 262 Å². The van der Waals surface area contributed by atoms with Crippen LogP contribution in [-0.4, -0.2) is 9.13 Å². The van der Waals surface area contributed by atoms with E-state index in [0.29, 0.717) is 16.9 Å². The van der Waals surface area contributed by atoms with Gasteiger partial charge in [0.1, 0.15) is 11.2 Å². The Hall–Kier alpha value is -6.81. The second kappa shape index (κ2) is 9.34. The van der Waals surface area contributed by atoms with Gasteiger partial charge < -0.3 is 13.6 Å². The Balaban J connectivity index is 1.33. The zero-order chi connectivity index (χ0) is 31.1. The summed E-state index contributed by atoms with van der Waals surface area (Å²) in [7, 11) is 0. The van der Waals surface area contributed by atoms with Crippen LogP contribution in [0.4, 0.5) is 11.4 Å². The van der Waals surface area contributed by atoms with Gasteiger partial charge in [0.05, 0.1) is 35.8 Å². The third-order valence-corrected chi connectivity index (χ3v) is 9.00. The molecular formula is C40H21N5O. The van der Waals surface area contributed by atoms with Crippen molar-refractivity contribution < 1.29 is 4.42 Å². The quantitative estimate of drug-likeness (QED) is 0.189. The highest BCUT2D eigenvalue weighted by molar-refractivity contribution is 6.13. The van der Waals surface area contributed by atoms with E-state index in [0.717, 1.165) is 82.5 Å². The molecule has 6 heteroatoms. The Morgan fingerprint density at radius 3 is 1.54 bits per heavy atom. The van der Waals surface area contributed by atoms with Crippen LogP contribution in [0.5, 0.6) is 0 Å². The van der Waals surface area contributed by atoms with Crippen molar-refractivity contribution in [1.82, 2.24) is 9.13 Å². The molecule has 0 aliphatic rings. The van der Waals surface area contributed by atoms with Gasteiger partial charge in [0.25, 0.3) is 0 Å². The molecule has 212 valence electrons. The predicted octanol–water partition coefficient (Wildman–Crippen LogP) is 11.1. The lowest BCUT2D eigenvalue weighted by Crippen LogP contribution is -1.94. The SMILES string of the molecule is [C-]#[N+]c1ccc2c3ccc(C)cc3n(-c3ccc4oc5ccc(-n6c7cc(C#N)ccc7c7ccc([N+]#[C-])cc76)cc5c4c3)c2c1. The first-order chi connectivity index (χ1) is 22.5. The smallest absolute Gasteiger partial charge is 0.189 e. The van der Waals surface area contributed by atoms with E-state index in [1.807, 2.05) is 72.8 Å². The molecule has 0 spiro atoms. The van der Waals surface area contributed by atoms with E-state index in [4.69, 9.17) is 17.6 Å². The van der Waals surface area contributed by atoms with Gasteiger partial charge in [-0.1, -0.05) is 42.5 Å². The van der Waals surface area contributed by atoms with Crippen LogP contribution < -0.4 is 0 Å². The van der Waals surface area contributed by atoms with Crippen molar-refractivity contribution >= 4 is 76.9 Å². The largest absolute Gasteiger partial charge is 0.456 e. The highest BCUT2D eigenvalue weighted by Crippen LogP contribution is 2.39. The fraction of sp³-hybridized carbons (Fsp3) is 0.0250. The number of fused-ring (bicyclic) bond motifs is 9. The molecule has 0 aliphatic heterocycles. The van der Waals surface area contributed by atoms with Crippen molar-refractivity contribution in [3.63, 3.8) is 0 Å². The van der Waals surface area contributed by atoms with Crippen molar-refractivity contribution in [2.45, 2.75) is 6.92 Å². The fourth-order valence-corrected chi connectivity index (χ4v) is 6.92. The number of aryl methyl sites for hydroxylation is 1. The van der Waals surface area contributed by atoms with Gasteiger partial charge in [-0.2, -0.15) is 5.26 Å². The van der Waals surface area contributed by atoms with Gasteiger partial charge >= 0.3 is 0 Å². The van der Waals surface area contributed by atoms with Crippen LogP contribution in [0, 0.1) is 31.4 Å². The Kier molecular flexibility index (Phi) is 5.21. The molecule has 9 aromatic rings. The maximum atomic E-state index is 9.70. The minimum atomic E-state index is 0.555. The standard InChI is InChI=1S/C40H21N5O/c1-23-4-10-29-31-12-6-25(42-2)18-37(31)44(35(29)16-23)27-8-14-39-33(20-27)34-21-28(9-15-40(34)46-39)45-36-17-24(22-41)5-11-30(36)32-13-7-26(43-3)19-38(32)45/h4-21H,1H3. The number of nitriles is 1. The molecule has 0 fully saturated rings. The van der Waals surface area contributed by atoms with Crippen LogP contribution >= 0.6 is 0 Å². The van der Waals surface area contributed by atoms with Gasteiger partial charge in [-0.25, -0.2) is 9.69 Å². The normalized spacial score (nSPS) is 11.5. The van der Waals surface area contributed by atoms with Gasteiger partial charge in [-0.05, 0) is 79.2 Å². The van der Waals surface area contributed by atoms with Crippen LogP contribution in [-0.2, 0) is 0 Å². The number of nitrogens with zero attached hydrogens (tertiary/aromatic N) is 5. The lowest BCUT2D eigenvalue weighted by atomic mass is 10.1. The molecule has 0 unspecified atom stereocenters. The summed E-state index contributed by atoms with van der Waals surface area (Å²) in [5.74, 6) is 0. The molecule has 9 rings (SSSR count). The number of hydrogen-bond donors (Lipinski definition) is 0. The summed E-state index contributed by atoms with van der Waals surface area (Å²) in [5, 5.41) is 15.9. The molecule has 6 aromatic carbocycles. The molecule has 0 N–H and O–H groups in total. The van der Waals surface area contributed by atoms with Crippen LogP contribution in [0.2, 0.25) is 0 Å². The summed E-state index contributed by atoms with van der Waals surface area (Å²) in [6.45, 7) is 17.4. The zero-order valence-corrected chi connectivity index (χ0v) is 24.5. The summed E-state index contributed by atoms with van der Waals surface area (Å²) in [6.07, 6.45) is 0. The van der Waals surface area contributed by atoms with Crippen LogP contribution in [0.15, 0.2) is 114 Å². The topological polar surface area (TPSA) is 55.5 Å². The summed E-state index contributed by atoms with van der Waals surface area (Å²) < 4.78 is 10.7. The molecule has 3 aromatic heterocycles. The number of furan rings is 1. The predicted molar refractivity (Wildman–Crippen MR) is 184 cm³/mol. The number of hydrogen-bond acceptors (Lipinski definition) is 2. The van der Waals surface area contributed by atoms with Gasteiger partial charge in [0.2, 0.25) is 0 Å². The van der Waals surface area contributed by atoms with Gasteiger partial charge in [-0.15, -0.1) is 0 Å². The number of benzene rings is 6. The van der Waals surface area contributed by atoms with Gasteiger partial charge in [-0.3, -0.25) is 0 Å². The third-order valence-electron chi connectivity index (χ3n) is 9.00. The molecule has 0 bridgehead atoms. The molecule has 46 heavy (non-hydrogen) atoms. The first kappa shape index (κ1) is 25.7. The zero-order valence-electron chi connectivity index (χ0n) is 24.5. The monoisotopic (exact) mass is 587 g/mol. The van der Waals surface area contributed by atoms with Crippen molar-refractivity contribution in [2.75, 3.05) is 0 Å². The lowest BCUT2D eigenvalue weighted by molar-refractivity contribution is 0.669. The Morgan fingerprint density at radius 1 is 0.543 bits per heavy atom. The summed E-state index contributed by atoms with van der Waals surface area (Å²) in [5.41, 5.74) is 10.2. The maximum Gasteiger partial charge on any atom is 0.189 e. The minimum Gasteiger partial charge on any atom is -0.456 e. The second-order valence-corrected chi connectivity index (χ2v) is 11.6. The van der Waals surface area contributed by atoms with Crippen molar-refractivity contribution in [3.05, 3.63) is 143 Å². The highest BCUT2D eigenvalue weighted by Gasteiger charge is 2.18. The number of rotatable bonds is 2. The highest BCUT2D eigenvalue weighted by atomic mass is 16.3. The first-order valence-corrected chi connectivity index (χ1v) is 14.8. The lowest BCUT2D eigenvalue weighted by Gasteiger charge is -2.10. The van der Waals surface area contributed by atoms with E-state index in [2.05, 4.69) is 68.2 Å². The van der Waals surface area contributed by atoms with Gasteiger partial charge in [0, 0.05) is 54.7 Å². The van der Waals surface area contributed by atoms with Crippen molar-refractivity contribution in [1.29, 1.82) is 5.26 Å². The van der Waals surface area contributed by atoms with E-state index in [-0.39, 0.29) is 0 Å². The molecule has 0 radical (unpaired) electrons. The summed E-state index contributed by atoms with van der Waals surface area (Å²) in [4.78, 5) is 7.40. The molecule has 0 saturated heterocycles.